The maximum atomic E-state index is 13.1. The van der Waals surface area contributed by atoms with E-state index in [9.17, 15) is 31.1 Å². The molecule has 4 aromatic rings. The average molecular weight is 559 g/mol. The Bertz CT molecular complexity index is 1430. The lowest BCUT2D eigenvalue weighted by Crippen LogP contribution is -2.51. The van der Waals surface area contributed by atoms with Gasteiger partial charge in [-0.1, -0.05) is 36.4 Å². The molecule has 1 aromatic heterocycles. The fraction of sp³-hybridized carbons (Fsp3) is 0.241. The van der Waals surface area contributed by atoms with Crippen molar-refractivity contribution >= 4 is 11.6 Å². The summed E-state index contributed by atoms with van der Waals surface area (Å²) in [5.41, 5.74) is 2.13. The Balaban J connectivity index is 1.29. The highest BCUT2D eigenvalue weighted by molar-refractivity contribution is 5.95. The molecular weight excluding hydrogens is 534 g/mol. The number of nitrogens with zero attached hydrogens (tertiary/aromatic N) is 3. The molecule has 1 aliphatic heterocycles. The number of hydrogen-bond donors (Lipinski definition) is 1. The molecule has 1 N–H and O–H groups in total. The van der Waals surface area contributed by atoms with E-state index >= 15 is 0 Å². The number of imidazole rings is 1. The van der Waals surface area contributed by atoms with Crippen molar-refractivity contribution in [1.29, 1.82) is 0 Å². The lowest BCUT2D eigenvalue weighted by molar-refractivity contribution is -0.138. The SMILES string of the molecule is O=C1CN(C(Cc2ccc(-c3ccc(C(F)(F)F)cc3)cc2)c2cnc[nH]2)CCN1c1ccc(C(F)(F)F)cc1. The molecule has 1 fully saturated rings. The number of carbonyl (C=O) groups excluding carboxylic acids is 1. The van der Waals surface area contributed by atoms with Crippen LogP contribution < -0.4 is 4.90 Å². The van der Waals surface area contributed by atoms with Gasteiger partial charge in [-0.05, 0) is 59.5 Å². The number of rotatable bonds is 6. The molecule has 5 rings (SSSR count). The standard InChI is InChI=1S/C29H24F6N4O/c30-28(31,32)22-7-5-21(6-8-22)20-3-1-19(2-4-20)15-26(25-16-36-18-37-25)38-13-14-39(27(40)17-38)24-11-9-23(10-12-24)29(33,34)35/h1-12,16,18,26H,13-15,17H2,(H,36,37). The predicted molar refractivity (Wildman–Crippen MR) is 137 cm³/mol. The molecule has 1 saturated heterocycles. The van der Waals surface area contributed by atoms with Gasteiger partial charge in [-0.15, -0.1) is 0 Å². The second-order valence-corrected chi connectivity index (χ2v) is 9.56. The molecule has 0 spiro atoms. The zero-order chi connectivity index (χ0) is 28.5. The van der Waals surface area contributed by atoms with Crippen molar-refractivity contribution in [1.82, 2.24) is 14.9 Å². The van der Waals surface area contributed by atoms with E-state index in [-0.39, 0.29) is 18.5 Å². The maximum Gasteiger partial charge on any atom is 0.416 e. The second-order valence-electron chi connectivity index (χ2n) is 9.56. The molecule has 208 valence electrons. The quantitative estimate of drug-likeness (QED) is 0.267. The molecule has 0 saturated carbocycles. The fourth-order valence-electron chi connectivity index (χ4n) is 4.85. The molecule has 11 heteroatoms. The van der Waals surface area contributed by atoms with Gasteiger partial charge in [-0.3, -0.25) is 9.69 Å². The van der Waals surface area contributed by atoms with Crippen LogP contribution in [0.2, 0.25) is 0 Å². The highest BCUT2D eigenvalue weighted by atomic mass is 19.4. The molecule has 3 aromatic carbocycles. The van der Waals surface area contributed by atoms with Crippen molar-refractivity contribution in [3.63, 3.8) is 0 Å². The van der Waals surface area contributed by atoms with E-state index in [1.807, 2.05) is 29.2 Å². The number of aromatic amines is 1. The van der Waals surface area contributed by atoms with E-state index in [0.29, 0.717) is 30.8 Å². The third-order valence-electron chi connectivity index (χ3n) is 7.00. The Morgan fingerprint density at radius 2 is 1.32 bits per heavy atom. The third-order valence-corrected chi connectivity index (χ3v) is 7.00. The van der Waals surface area contributed by atoms with Crippen molar-refractivity contribution in [2.45, 2.75) is 24.8 Å². The minimum Gasteiger partial charge on any atom is -0.347 e. The maximum absolute atomic E-state index is 13.1. The number of nitrogens with one attached hydrogen (secondary N) is 1. The monoisotopic (exact) mass is 558 g/mol. The van der Waals surface area contributed by atoms with Gasteiger partial charge in [0.15, 0.2) is 0 Å². The van der Waals surface area contributed by atoms with E-state index in [1.165, 1.54) is 29.2 Å². The van der Waals surface area contributed by atoms with Gasteiger partial charge < -0.3 is 9.88 Å². The van der Waals surface area contributed by atoms with Crippen molar-refractivity contribution in [3.05, 3.63) is 108 Å². The van der Waals surface area contributed by atoms with Crippen LogP contribution in [-0.4, -0.2) is 40.4 Å². The first-order chi connectivity index (χ1) is 19.0. The lowest BCUT2D eigenvalue weighted by atomic mass is 9.97. The third kappa shape index (κ3) is 6.04. The topological polar surface area (TPSA) is 52.2 Å². The van der Waals surface area contributed by atoms with Crippen LogP contribution in [0.25, 0.3) is 11.1 Å². The fourth-order valence-corrected chi connectivity index (χ4v) is 4.85. The van der Waals surface area contributed by atoms with Crippen LogP contribution in [0.5, 0.6) is 0 Å². The molecule has 1 aliphatic rings. The minimum atomic E-state index is -4.45. The first-order valence-corrected chi connectivity index (χ1v) is 12.5. The number of anilines is 1. The Labute approximate surface area is 226 Å². The van der Waals surface area contributed by atoms with Crippen LogP contribution in [0, 0.1) is 0 Å². The first-order valence-electron chi connectivity index (χ1n) is 12.5. The summed E-state index contributed by atoms with van der Waals surface area (Å²) in [7, 11) is 0. The number of benzene rings is 3. The van der Waals surface area contributed by atoms with E-state index in [4.69, 9.17) is 0 Å². The number of hydrogen-bond acceptors (Lipinski definition) is 3. The van der Waals surface area contributed by atoms with Crippen LogP contribution in [0.1, 0.15) is 28.4 Å². The summed E-state index contributed by atoms with van der Waals surface area (Å²) >= 11 is 0. The number of H-pyrrole nitrogens is 1. The van der Waals surface area contributed by atoms with Gasteiger partial charge in [0.25, 0.3) is 0 Å². The highest BCUT2D eigenvalue weighted by Gasteiger charge is 2.33. The van der Waals surface area contributed by atoms with E-state index < -0.39 is 23.5 Å². The summed E-state index contributed by atoms with van der Waals surface area (Å²) in [5.74, 6) is -0.229. The van der Waals surface area contributed by atoms with E-state index in [0.717, 1.165) is 41.1 Å². The number of alkyl halides is 6. The predicted octanol–water partition coefficient (Wildman–Crippen LogP) is 6.75. The van der Waals surface area contributed by atoms with Crippen LogP contribution in [-0.2, 0) is 23.6 Å². The Kier molecular flexibility index (Phi) is 7.41. The molecule has 1 atom stereocenters. The van der Waals surface area contributed by atoms with Crippen LogP contribution in [0.15, 0.2) is 85.3 Å². The Hall–Kier alpha value is -4.12. The number of halogens is 6. The minimum absolute atomic E-state index is 0.0638. The molecule has 2 heterocycles. The number of carbonyl (C=O) groups is 1. The summed E-state index contributed by atoms with van der Waals surface area (Å²) < 4.78 is 77.4. The van der Waals surface area contributed by atoms with Crippen molar-refractivity contribution in [3.8, 4) is 11.1 Å². The summed E-state index contributed by atoms with van der Waals surface area (Å²) in [6.07, 6.45) is -5.07. The number of piperazine rings is 1. The Morgan fingerprint density at radius 3 is 1.82 bits per heavy atom. The van der Waals surface area contributed by atoms with Gasteiger partial charge >= 0.3 is 12.4 Å². The molecule has 40 heavy (non-hydrogen) atoms. The van der Waals surface area contributed by atoms with Crippen LogP contribution in [0.4, 0.5) is 32.0 Å². The van der Waals surface area contributed by atoms with Crippen molar-refractivity contribution in [2.75, 3.05) is 24.5 Å². The highest BCUT2D eigenvalue weighted by Crippen LogP contribution is 2.33. The summed E-state index contributed by atoms with van der Waals surface area (Å²) in [6, 6.07) is 16.8. The average Bonchev–Trinajstić information content (AvgIpc) is 3.46. The summed E-state index contributed by atoms with van der Waals surface area (Å²) in [4.78, 5) is 23.8. The number of amides is 1. The summed E-state index contributed by atoms with van der Waals surface area (Å²) in [5, 5.41) is 0. The smallest absolute Gasteiger partial charge is 0.347 e. The van der Waals surface area contributed by atoms with Crippen molar-refractivity contribution in [2.24, 2.45) is 0 Å². The van der Waals surface area contributed by atoms with Gasteiger partial charge in [0, 0.05) is 25.0 Å². The van der Waals surface area contributed by atoms with Gasteiger partial charge in [-0.2, -0.15) is 26.3 Å². The molecule has 0 radical (unpaired) electrons. The molecule has 1 unspecified atom stereocenters. The van der Waals surface area contributed by atoms with Gasteiger partial charge in [0.2, 0.25) is 5.91 Å². The van der Waals surface area contributed by atoms with Gasteiger partial charge in [-0.25, -0.2) is 4.98 Å². The first kappa shape index (κ1) is 27.4. The van der Waals surface area contributed by atoms with Crippen molar-refractivity contribution < 1.29 is 31.1 Å². The molecule has 0 aliphatic carbocycles. The molecule has 5 nitrogen and oxygen atoms in total. The molecule has 0 bridgehead atoms. The summed E-state index contributed by atoms with van der Waals surface area (Å²) in [6.45, 7) is 0.857. The van der Waals surface area contributed by atoms with Crippen LogP contribution >= 0.6 is 0 Å². The van der Waals surface area contributed by atoms with E-state index in [1.54, 1.807) is 12.5 Å². The van der Waals surface area contributed by atoms with Gasteiger partial charge in [0.05, 0.1) is 35.7 Å². The van der Waals surface area contributed by atoms with Crippen LogP contribution in [0.3, 0.4) is 0 Å². The van der Waals surface area contributed by atoms with E-state index in [2.05, 4.69) is 9.97 Å². The molecular formula is C29H24F6N4O. The normalized spacial score (nSPS) is 15.8. The lowest BCUT2D eigenvalue weighted by Gasteiger charge is -2.38. The zero-order valence-corrected chi connectivity index (χ0v) is 21.0. The van der Waals surface area contributed by atoms with Gasteiger partial charge in [0.1, 0.15) is 0 Å². The largest absolute Gasteiger partial charge is 0.416 e. The molecule has 1 amide bonds. The Morgan fingerprint density at radius 1 is 0.775 bits per heavy atom. The second kappa shape index (κ2) is 10.8. The number of aromatic nitrogens is 2. The zero-order valence-electron chi connectivity index (χ0n) is 21.0.